The van der Waals surface area contributed by atoms with Gasteiger partial charge in [-0.2, -0.15) is 0 Å². The summed E-state index contributed by atoms with van der Waals surface area (Å²) < 4.78 is 11.6. The van der Waals surface area contributed by atoms with Gasteiger partial charge in [0.05, 0.1) is 24.8 Å². The summed E-state index contributed by atoms with van der Waals surface area (Å²) in [6.45, 7) is 17.2. The number of hydrogen-bond donors (Lipinski definition) is 2. The Bertz CT molecular complexity index is 1230. The van der Waals surface area contributed by atoms with Crippen molar-refractivity contribution in [3.8, 4) is 17.2 Å². The first-order valence-corrected chi connectivity index (χ1v) is 13.3. The number of phenolic OH excluding ortho intramolecular Hbond substituents is 1. The zero-order valence-corrected chi connectivity index (χ0v) is 26.0. The second-order valence-corrected chi connectivity index (χ2v) is 10.8. The summed E-state index contributed by atoms with van der Waals surface area (Å²) >= 11 is 0. The van der Waals surface area contributed by atoms with E-state index >= 15 is 0 Å². The molecule has 0 aromatic heterocycles. The number of nitrogens with one attached hydrogen (secondary N) is 1. The van der Waals surface area contributed by atoms with Gasteiger partial charge in [-0.1, -0.05) is 20.8 Å². The molecule has 2 aromatic carbocycles. The number of Topliss-reactive ketones (excluding diaryl/α,β-unsaturated/α-hetero) is 1. The van der Waals surface area contributed by atoms with Crippen molar-refractivity contribution in [1.29, 1.82) is 5.41 Å². The van der Waals surface area contributed by atoms with E-state index in [1.807, 2.05) is 61.5 Å². The second-order valence-electron chi connectivity index (χ2n) is 10.8. The molecule has 1 aliphatic heterocycles. The van der Waals surface area contributed by atoms with Gasteiger partial charge in [0.1, 0.15) is 11.6 Å². The fraction of sp³-hybridized carbons (Fsp3) is 0.500. The van der Waals surface area contributed by atoms with E-state index in [9.17, 15) is 14.7 Å². The molecule has 2 N–H and O–H groups in total. The Hall–Kier alpha value is -3.07. The fourth-order valence-corrected chi connectivity index (χ4v) is 4.64. The van der Waals surface area contributed by atoms with Crippen LogP contribution in [-0.4, -0.2) is 64.8 Å². The molecule has 3 rings (SSSR count). The molecule has 0 saturated carbocycles. The Kier molecular flexibility index (Phi) is 10.6. The average Bonchev–Trinajstić information content (AvgIpc) is 3.13. The molecule has 39 heavy (non-hydrogen) atoms. The van der Waals surface area contributed by atoms with Crippen molar-refractivity contribution >= 4 is 34.5 Å². The molecule has 1 amide bonds. The maximum Gasteiger partial charge on any atom is 0.257 e. The number of carbonyl (C=O) groups excluding carboxylic acids is 2. The van der Waals surface area contributed by atoms with Crippen LogP contribution in [0.25, 0.3) is 0 Å². The van der Waals surface area contributed by atoms with Crippen molar-refractivity contribution in [2.45, 2.75) is 73.5 Å². The van der Waals surface area contributed by atoms with Gasteiger partial charge in [-0.25, -0.2) is 0 Å². The molecular weight excluding hydrogens is 562 g/mol. The van der Waals surface area contributed by atoms with Gasteiger partial charge >= 0.3 is 0 Å². The number of nitrogens with zero attached hydrogens (tertiary/aromatic N) is 2. The Balaban J connectivity index is 0.00000533. The van der Waals surface area contributed by atoms with Crippen molar-refractivity contribution in [1.82, 2.24) is 9.80 Å². The Labute approximate surface area is 242 Å². The molecule has 0 spiro atoms. The zero-order chi connectivity index (χ0) is 28.4. The molecule has 214 valence electrons. The first kappa shape index (κ1) is 32.1. The summed E-state index contributed by atoms with van der Waals surface area (Å²) in [5, 5.41) is 19.6. The number of phenols is 1. The predicted molar refractivity (Wildman–Crippen MR) is 159 cm³/mol. The predicted octanol–water partition coefficient (Wildman–Crippen LogP) is 5.96. The second kappa shape index (κ2) is 12.9. The van der Waals surface area contributed by atoms with Gasteiger partial charge in [0.15, 0.2) is 17.3 Å². The smallest absolute Gasteiger partial charge is 0.257 e. The monoisotopic (exact) mass is 603 g/mol. The van der Waals surface area contributed by atoms with Crippen LogP contribution in [-0.2, 0) is 12.0 Å². The number of aromatic hydroxyl groups is 1. The molecule has 0 atom stereocenters. The Morgan fingerprint density at radius 2 is 1.72 bits per heavy atom. The number of amidine groups is 1. The maximum atomic E-state index is 13.5. The largest absolute Gasteiger partial charge is 0.504 e. The summed E-state index contributed by atoms with van der Waals surface area (Å²) in [7, 11) is 0. The number of ether oxygens (including phenoxy) is 2. The molecule has 2 aromatic rings. The van der Waals surface area contributed by atoms with E-state index < -0.39 is 5.41 Å². The number of fused-ring (bicyclic) bond motifs is 1. The first-order chi connectivity index (χ1) is 17.8. The normalized spacial score (nSPS) is 12.7. The minimum Gasteiger partial charge on any atom is -0.504 e. The minimum atomic E-state index is -0.407. The molecule has 9 heteroatoms. The number of carbonyl (C=O) groups is 2. The molecule has 1 aliphatic rings. The van der Waals surface area contributed by atoms with Crippen molar-refractivity contribution in [2.75, 3.05) is 26.2 Å². The van der Waals surface area contributed by atoms with Gasteiger partial charge in [0.25, 0.3) is 5.91 Å². The van der Waals surface area contributed by atoms with E-state index in [-0.39, 0.29) is 58.7 Å². The number of benzene rings is 2. The highest BCUT2D eigenvalue weighted by Crippen LogP contribution is 2.40. The van der Waals surface area contributed by atoms with Gasteiger partial charge in [0.2, 0.25) is 0 Å². The number of halogens is 1. The highest BCUT2D eigenvalue weighted by molar-refractivity contribution is 8.93. The molecule has 1 heterocycles. The molecular formula is C30H42BrN3O5. The summed E-state index contributed by atoms with van der Waals surface area (Å²) in [5.41, 5.74) is 2.53. The maximum absolute atomic E-state index is 13.5. The molecule has 0 fully saturated rings. The number of ketones is 1. The van der Waals surface area contributed by atoms with E-state index in [2.05, 4.69) is 0 Å². The summed E-state index contributed by atoms with van der Waals surface area (Å²) in [6.07, 6.45) is -0.173. The van der Waals surface area contributed by atoms with Crippen LogP contribution < -0.4 is 9.47 Å². The lowest BCUT2D eigenvalue weighted by Crippen LogP contribution is -2.31. The van der Waals surface area contributed by atoms with E-state index in [4.69, 9.17) is 14.9 Å². The van der Waals surface area contributed by atoms with Crippen molar-refractivity contribution < 1.29 is 24.2 Å². The van der Waals surface area contributed by atoms with Crippen LogP contribution >= 0.6 is 17.0 Å². The lowest BCUT2D eigenvalue weighted by molar-refractivity contribution is 0.0768. The SMILES string of the molecule is Br.CCOc1cc2c(cc1C(=O)N(CC)CC)C(=N)N(CC(=O)c1cc(OC(C)C)c(O)c(C(C)(C)C)c1)C2. The van der Waals surface area contributed by atoms with Gasteiger partial charge in [-0.15, -0.1) is 17.0 Å². The van der Waals surface area contributed by atoms with Gasteiger partial charge < -0.3 is 24.4 Å². The molecule has 0 radical (unpaired) electrons. The van der Waals surface area contributed by atoms with Gasteiger partial charge in [-0.05, 0) is 69.9 Å². The quantitative estimate of drug-likeness (QED) is 0.325. The van der Waals surface area contributed by atoms with Crippen LogP contribution in [0.15, 0.2) is 24.3 Å². The lowest BCUT2D eigenvalue weighted by Gasteiger charge is -2.24. The van der Waals surface area contributed by atoms with Crippen molar-refractivity contribution in [3.63, 3.8) is 0 Å². The summed E-state index contributed by atoms with van der Waals surface area (Å²) in [4.78, 5) is 30.1. The first-order valence-electron chi connectivity index (χ1n) is 13.3. The molecule has 0 unspecified atom stereocenters. The van der Waals surface area contributed by atoms with E-state index in [0.717, 1.165) is 5.56 Å². The van der Waals surface area contributed by atoms with E-state index in [0.29, 0.717) is 54.2 Å². The van der Waals surface area contributed by atoms with Crippen LogP contribution in [0.1, 0.15) is 92.8 Å². The fourth-order valence-electron chi connectivity index (χ4n) is 4.64. The average molecular weight is 605 g/mol. The lowest BCUT2D eigenvalue weighted by atomic mass is 9.84. The molecule has 8 nitrogen and oxygen atoms in total. The number of amides is 1. The van der Waals surface area contributed by atoms with Crippen LogP contribution in [0, 0.1) is 5.41 Å². The van der Waals surface area contributed by atoms with Crippen LogP contribution in [0.5, 0.6) is 17.2 Å². The highest BCUT2D eigenvalue weighted by Gasteiger charge is 2.31. The van der Waals surface area contributed by atoms with Crippen LogP contribution in [0.4, 0.5) is 0 Å². The third kappa shape index (κ3) is 6.93. The molecule has 0 saturated heterocycles. The van der Waals surface area contributed by atoms with Crippen LogP contribution in [0.3, 0.4) is 0 Å². The minimum absolute atomic E-state index is 0. The van der Waals surface area contributed by atoms with E-state index in [1.165, 1.54) is 0 Å². The topological polar surface area (TPSA) is 103 Å². The highest BCUT2D eigenvalue weighted by atomic mass is 79.9. The zero-order valence-electron chi connectivity index (χ0n) is 24.3. The summed E-state index contributed by atoms with van der Waals surface area (Å²) in [6, 6.07) is 6.83. The molecule has 0 bridgehead atoms. The Morgan fingerprint density at radius 3 is 2.26 bits per heavy atom. The number of hydrogen-bond acceptors (Lipinski definition) is 6. The Morgan fingerprint density at radius 1 is 1.08 bits per heavy atom. The third-order valence-corrected chi connectivity index (χ3v) is 6.62. The standard InChI is InChI=1S/C30H41N3O5.BrH/c1-9-32(10-2)29(36)22-15-21-20(14-25(22)37-11-3)16-33(28(21)31)17-24(34)19-12-23(30(6,7)8)27(35)26(13-19)38-18(4)5;/h12-15,18,31,35H,9-11,16-17H2,1-8H3;1H. The van der Waals surface area contributed by atoms with Crippen molar-refractivity contribution in [3.05, 3.63) is 52.1 Å². The third-order valence-electron chi connectivity index (χ3n) is 6.62. The summed E-state index contributed by atoms with van der Waals surface area (Å²) in [5.74, 6) is 0.673. The number of rotatable bonds is 10. The van der Waals surface area contributed by atoms with Gasteiger partial charge in [0, 0.05) is 36.3 Å². The van der Waals surface area contributed by atoms with Crippen LogP contribution in [0.2, 0.25) is 0 Å². The van der Waals surface area contributed by atoms with Gasteiger partial charge in [-0.3, -0.25) is 15.0 Å². The molecule has 0 aliphatic carbocycles. The van der Waals surface area contributed by atoms with Crippen molar-refractivity contribution in [2.24, 2.45) is 0 Å². The van der Waals surface area contributed by atoms with E-state index in [1.54, 1.807) is 28.0 Å².